The molecule has 3 rings (SSSR count). The number of rotatable bonds is 3. The summed E-state index contributed by atoms with van der Waals surface area (Å²) in [6, 6.07) is 10.3. The third kappa shape index (κ3) is 2.51. The Morgan fingerprint density at radius 3 is 3.00 bits per heavy atom. The van der Waals surface area contributed by atoms with Crippen LogP contribution in [0.5, 0.6) is 5.75 Å². The highest BCUT2D eigenvalue weighted by atomic mass is 35.5. The second kappa shape index (κ2) is 5.43. The van der Waals surface area contributed by atoms with Gasteiger partial charge < -0.3 is 9.84 Å². The zero-order chi connectivity index (χ0) is 14.1. The van der Waals surface area contributed by atoms with Gasteiger partial charge in [0.1, 0.15) is 18.2 Å². The van der Waals surface area contributed by atoms with Gasteiger partial charge in [-0.3, -0.25) is 0 Å². The molecule has 0 aromatic heterocycles. The predicted molar refractivity (Wildman–Crippen MR) is 75.5 cm³/mol. The molecule has 2 aromatic rings. The molecule has 0 fully saturated rings. The number of hydrogen-bond donors (Lipinski definition) is 1. The molecule has 0 amide bonds. The van der Waals surface area contributed by atoms with Crippen LogP contribution in [0.15, 0.2) is 36.4 Å². The van der Waals surface area contributed by atoms with Crippen molar-refractivity contribution < 1.29 is 14.2 Å². The first kappa shape index (κ1) is 13.4. The lowest BCUT2D eigenvalue weighted by molar-refractivity contribution is 0.180. The molecule has 1 N–H and O–H groups in total. The summed E-state index contributed by atoms with van der Waals surface area (Å²) in [5, 5.41) is 9.85. The van der Waals surface area contributed by atoms with Crippen molar-refractivity contribution in [2.45, 2.75) is 25.6 Å². The van der Waals surface area contributed by atoms with E-state index in [1.54, 1.807) is 12.1 Å². The van der Waals surface area contributed by atoms with Crippen LogP contribution in [0.4, 0.5) is 4.39 Å². The minimum absolute atomic E-state index is 0.101. The normalized spacial score (nSPS) is 17.1. The second-order valence-electron chi connectivity index (χ2n) is 4.92. The van der Waals surface area contributed by atoms with E-state index in [2.05, 4.69) is 0 Å². The van der Waals surface area contributed by atoms with Gasteiger partial charge in [0.15, 0.2) is 0 Å². The monoisotopic (exact) mass is 292 g/mol. The molecule has 0 heterocycles. The molecule has 1 unspecified atom stereocenters. The molecule has 0 aliphatic heterocycles. The highest BCUT2D eigenvalue weighted by molar-refractivity contribution is 6.31. The van der Waals surface area contributed by atoms with Gasteiger partial charge in [-0.15, -0.1) is 0 Å². The number of benzene rings is 2. The van der Waals surface area contributed by atoms with E-state index in [1.807, 2.05) is 18.2 Å². The molecular weight excluding hydrogens is 279 g/mol. The Morgan fingerprint density at radius 1 is 1.30 bits per heavy atom. The highest BCUT2D eigenvalue weighted by Gasteiger charge is 2.20. The van der Waals surface area contributed by atoms with Gasteiger partial charge in [0.25, 0.3) is 0 Å². The third-order valence-corrected chi connectivity index (χ3v) is 4.01. The van der Waals surface area contributed by atoms with Gasteiger partial charge in [0, 0.05) is 5.56 Å². The average Bonchev–Trinajstić information content (AvgIpc) is 2.82. The van der Waals surface area contributed by atoms with Crippen molar-refractivity contribution in [1.29, 1.82) is 0 Å². The van der Waals surface area contributed by atoms with Crippen molar-refractivity contribution >= 4 is 11.6 Å². The van der Waals surface area contributed by atoms with E-state index in [4.69, 9.17) is 16.3 Å². The molecular formula is C16H14ClFO2. The highest BCUT2D eigenvalue weighted by Crippen LogP contribution is 2.33. The lowest BCUT2D eigenvalue weighted by Gasteiger charge is -2.10. The van der Waals surface area contributed by atoms with Crippen LogP contribution in [0.1, 0.15) is 29.2 Å². The lowest BCUT2D eigenvalue weighted by Crippen LogP contribution is -1.98. The molecule has 2 nitrogen and oxygen atoms in total. The molecule has 0 radical (unpaired) electrons. The van der Waals surface area contributed by atoms with E-state index in [1.165, 1.54) is 6.07 Å². The van der Waals surface area contributed by atoms with Gasteiger partial charge >= 0.3 is 0 Å². The summed E-state index contributed by atoms with van der Waals surface area (Å²) >= 11 is 5.88. The van der Waals surface area contributed by atoms with Crippen LogP contribution in [0, 0.1) is 5.82 Å². The van der Waals surface area contributed by atoms with E-state index < -0.39 is 5.82 Å². The van der Waals surface area contributed by atoms with Gasteiger partial charge in [-0.25, -0.2) is 4.39 Å². The summed E-state index contributed by atoms with van der Waals surface area (Å²) < 4.78 is 19.0. The second-order valence-corrected chi connectivity index (χ2v) is 5.29. The van der Waals surface area contributed by atoms with Gasteiger partial charge in [-0.2, -0.15) is 0 Å². The SMILES string of the molecule is OC1CCc2cc(OCc3cccc(F)c3Cl)ccc21. The first-order valence-electron chi connectivity index (χ1n) is 6.52. The van der Waals surface area contributed by atoms with Gasteiger partial charge in [-0.1, -0.05) is 29.8 Å². The first-order chi connectivity index (χ1) is 9.65. The van der Waals surface area contributed by atoms with Crippen LogP contribution in [0.3, 0.4) is 0 Å². The number of ether oxygens (including phenoxy) is 1. The van der Waals surface area contributed by atoms with Crippen molar-refractivity contribution in [3.63, 3.8) is 0 Å². The number of aliphatic hydroxyl groups is 1. The summed E-state index contributed by atoms with van der Waals surface area (Å²) in [7, 11) is 0. The molecule has 0 saturated heterocycles. The zero-order valence-electron chi connectivity index (χ0n) is 10.8. The average molecular weight is 293 g/mol. The minimum atomic E-state index is -0.440. The molecule has 1 aliphatic carbocycles. The van der Waals surface area contributed by atoms with Gasteiger partial charge in [-0.05, 0) is 42.2 Å². The number of aryl methyl sites for hydroxylation is 1. The lowest BCUT2D eigenvalue weighted by atomic mass is 10.1. The summed E-state index contributed by atoms with van der Waals surface area (Å²) in [4.78, 5) is 0. The minimum Gasteiger partial charge on any atom is -0.489 e. The number of hydrogen-bond acceptors (Lipinski definition) is 2. The van der Waals surface area contributed by atoms with Crippen LogP contribution in [0.2, 0.25) is 5.02 Å². The topological polar surface area (TPSA) is 29.5 Å². The van der Waals surface area contributed by atoms with E-state index in [9.17, 15) is 9.50 Å². The third-order valence-electron chi connectivity index (χ3n) is 3.59. The number of fused-ring (bicyclic) bond motifs is 1. The maximum atomic E-state index is 13.3. The summed E-state index contributed by atoms with van der Waals surface area (Å²) in [5.74, 6) is 0.267. The van der Waals surface area contributed by atoms with Crippen molar-refractivity contribution in [2.24, 2.45) is 0 Å². The van der Waals surface area contributed by atoms with Crippen molar-refractivity contribution in [2.75, 3.05) is 0 Å². The van der Waals surface area contributed by atoms with E-state index in [0.717, 1.165) is 24.0 Å². The van der Waals surface area contributed by atoms with Crippen LogP contribution in [0.25, 0.3) is 0 Å². The Labute approximate surface area is 121 Å². The molecule has 1 atom stereocenters. The molecule has 2 aromatic carbocycles. The maximum absolute atomic E-state index is 13.3. The van der Waals surface area contributed by atoms with Crippen LogP contribution in [-0.4, -0.2) is 5.11 Å². The zero-order valence-corrected chi connectivity index (χ0v) is 11.5. The smallest absolute Gasteiger partial charge is 0.142 e. The van der Waals surface area contributed by atoms with Crippen molar-refractivity contribution in [3.8, 4) is 5.75 Å². The number of aliphatic hydroxyl groups excluding tert-OH is 1. The van der Waals surface area contributed by atoms with E-state index >= 15 is 0 Å². The molecule has 104 valence electrons. The number of halogens is 2. The molecule has 4 heteroatoms. The summed E-state index contributed by atoms with van der Waals surface area (Å²) in [6.45, 7) is 0.220. The molecule has 1 aliphatic rings. The standard InChI is InChI=1S/C16H14ClFO2/c17-16-11(2-1-3-14(16)18)9-20-12-5-6-13-10(8-12)4-7-15(13)19/h1-3,5-6,8,15,19H,4,7,9H2. The Hall–Kier alpha value is -1.58. The van der Waals surface area contributed by atoms with Crippen LogP contribution < -0.4 is 4.74 Å². The fourth-order valence-electron chi connectivity index (χ4n) is 2.48. The van der Waals surface area contributed by atoms with Crippen LogP contribution in [-0.2, 0) is 13.0 Å². The summed E-state index contributed by atoms with van der Waals surface area (Å²) in [6.07, 6.45) is 1.25. The quantitative estimate of drug-likeness (QED) is 0.925. The molecule has 20 heavy (non-hydrogen) atoms. The van der Waals surface area contributed by atoms with Gasteiger partial charge in [0.05, 0.1) is 11.1 Å². The Morgan fingerprint density at radius 2 is 2.15 bits per heavy atom. The fourth-order valence-corrected chi connectivity index (χ4v) is 2.66. The maximum Gasteiger partial charge on any atom is 0.142 e. The fraction of sp³-hybridized carbons (Fsp3) is 0.250. The predicted octanol–water partition coefficient (Wildman–Crippen LogP) is 4.04. The molecule has 0 bridgehead atoms. The summed E-state index contributed by atoms with van der Waals surface area (Å²) in [5.41, 5.74) is 2.70. The Kier molecular flexibility index (Phi) is 3.64. The Balaban J connectivity index is 1.74. The van der Waals surface area contributed by atoms with Gasteiger partial charge in [0.2, 0.25) is 0 Å². The first-order valence-corrected chi connectivity index (χ1v) is 6.89. The Bertz CT molecular complexity index is 642. The van der Waals surface area contributed by atoms with Crippen molar-refractivity contribution in [1.82, 2.24) is 0 Å². The molecule has 0 saturated carbocycles. The largest absolute Gasteiger partial charge is 0.489 e. The molecule has 0 spiro atoms. The van der Waals surface area contributed by atoms with E-state index in [0.29, 0.717) is 11.3 Å². The van der Waals surface area contributed by atoms with Crippen molar-refractivity contribution in [3.05, 3.63) is 63.9 Å². The van der Waals surface area contributed by atoms with Crippen LogP contribution >= 0.6 is 11.6 Å². The van der Waals surface area contributed by atoms with E-state index in [-0.39, 0.29) is 17.7 Å².